The van der Waals surface area contributed by atoms with E-state index in [9.17, 15) is 0 Å². The summed E-state index contributed by atoms with van der Waals surface area (Å²) in [5.41, 5.74) is 5.99. The van der Waals surface area contributed by atoms with Crippen molar-refractivity contribution >= 4 is 0 Å². The van der Waals surface area contributed by atoms with E-state index in [1.165, 1.54) is 128 Å². The summed E-state index contributed by atoms with van der Waals surface area (Å²) >= 11 is 0. The van der Waals surface area contributed by atoms with Gasteiger partial charge in [0.05, 0.1) is 0 Å². The molecule has 0 aliphatic heterocycles. The summed E-state index contributed by atoms with van der Waals surface area (Å²) in [5.74, 6) is 0.800. The van der Waals surface area contributed by atoms with Crippen LogP contribution in [0, 0.1) is 5.92 Å². The molecule has 1 nitrogen and oxygen atoms in total. The Morgan fingerprint density at radius 2 is 0.720 bits per heavy atom. The molecule has 1 heteroatoms. The Morgan fingerprint density at radius 1 is 0.440 bits per heavy atom. The highest BCUT2D eigenvalue weighted by Crippen LogP contribution is 2.19. The number of nitrogens with two attached hydrogens (primary N) is 1. The normalized spacial score (nSPS) is 12.6. The zero-order valence-corrected chi connectivity index (χ0v) is 18.0. The lowest BCUT2D eigenvalue weighted by Gasteiger charge is -2.14. The van der Waals surface area contributed by atoms with Crippen LogP contribution in [-0.2, 0) is 0 Å². The summed E-state index contributed by atoms with van der Waals surface area (Å²) in [4.78, 5) is 0. The van der Waals surface area contributed by atoms with Gasteiger partial charge in [0.1, 0.15) is 0 Å². The van der Waals surface area contributed by atoms with Gasteiger partial charge in [-0.2, -0.15) is 0 Å². The first-order valence-electron chi connectivity index (χ1n) is 12.0. The molecule has 0 aliphatic carbocycles. The maximum atomic E-state index is 5.99. The highest BCUT2D eigenvalue weighted by molar-refractivity contribution is 4.61. The minimum Gasteiger partial charge on any atom is -0.330 e. The third kappa shape index (κ3) is 20.1. The van der Waals surface area contributed by atoms with E-state index in [1.54, 1.807) is 0 Å². The predicted octanol–water partition coefficient (Wildman–Crippen LogP) is 8.40. The van der Waals surface area contributed by atoms with Gasteiger partial charge in [-0.1, -0.05) is 129 Å². The fourth-order valence-corrected chi connectivity index (χ4v) is 3.87. The molecule has 2 N–H and O–H groups in total. The van der Waals surface area contributed by atoms with E-state index in [0.29, 0.717) is 0 Å². The van der Waals surface area contributed by atoms with Gasteiger partial charge in [0.15, 0.2) is 0 Å². The zero-order valence-electron chi connectivity index (χ0n) is 18.0. The highest BCUT2D eigenvalue weighted by atomic mass is 14.5. The second kappa shape index (κ2) is 22.0. The first-order chi connectivity index (χ1) is 12.3. The summed E-state index contributed by atoms with van der Waals surface area (Å²) in [7, 11) is 0. The molecular weight excluding hydrogens is 302 g/mol. The first kappa shape index (κ1) is 25.0. The molecule has 0 saturated carbocycles. The van der Waals surface area contributed by atoms with Gasteiger partial charge in [-0.05, 0) is 25.3 Å². The lowest BCUT2D eigenvalue weighted by molar-refractivity contribution is 0.409. The number of hydrogen-bond donors (Lipinski definition) is 1. The van der Waals surface area contributed by atoms with Crippen molar-refractivity contribution in [1.29, 1.82) is 0 Å². The smallest absolute Gasteiger partial charge is 0.00489 e. The van der Waals surface area contributed by atoms with Crippen LogP contribution in [0.2, 0.25) is 0 Å². The average Bonchev–Trinajstić information content (AvgIpc) is 2.63. The van der Waals surface area contributed by atoms with Gasteiger partial charge < -0.3 is 5.73 Å². The summed E-state index contributed by atoms with van der Waals surface area (Å²) < 4.78 is 0. The van der Waals surface area contributed by atoms with Crippen molar-refractivity contribution in [3.05, 3.63) is 0 Å². The standard InChI is InChI=1S/C24H51N/c1-3-5-7-9-11-13-14-16-18-20-22-24(23-25)21-19-17-15-12-10-8-6-4-2/h24H,3-23,25H2,1-2H3. The zero-order chi connectivity index (χ0) is 18.4. The summed E-state index contributed by atoms with van der Waals surface area (Å²) in [6, 6.07) is 0. The molecule has 1 atom stereocenters. The molecule has 0 spiro atoms. The topological polar surface area (TPSA) is 26.0 Å². The summed E-state index contributed by atoms with van der Waals surface area (Å²) in [5, 5.41) is 0. The molecule has 0 aromatic heterocycles. The molecule has 0 radical (unpaired) electrons. The lowest BCUT2D eigenvalue weighted by atomic mass is 9.94. The van der Waals surface area contributed by atoms with E-state index in [-0.39, 0.29) is 0 Å². The molecule has 0 heterocycles. The van der Waals surface area contributed by atoms with Crippen LogP contribution >= 0.6 is 0 Å². The van der Waals surface area contributed by atoms with Gasteiger partial charge in [0.25, 0.3) is 0 Å². The molecule has 0 saturated heterocycles. The molecule has 0 aromatic carbocycles. The van der Waals surface area contributed by atoms with E-state index in [1.807, 2.05) is 0 Å². The molecular formula is C24H51N. The fraction of sp³-hybridized carbons (Fsp3) is 1.00. The minimum atomic E-state index is 0.800. The van der Waals surface area contributed by atoms with Crippen LogP contribution in [0.3, 0.4) is 0 Å². The fourth-order valence-electron chi connectivity index (χ4n) is 3.87. The molecule has 0 bridgehead atoms. The van der Waals surface area contributed by atoms with Crippen molar-refractivity contribution < 1.29 is 0 Å². The Balaban J connectivity index is 3.28. The Morgan fingerprint density at radius 3 is 1.00 bits per heavy atom. The molecule has 152 valence electrons. The molecule has 0 rings (SSSR count). The van der Waals surface area contributed by atoms with Gasteiger partial charge in [0.2, 0.25) is 0 Å². The predicted molar refractivity (Wildman–Crippen MR) is 116 cm³/mol. The van der Waals surface area contributed by atoms with E-state index in [4.69, 9.17) is 5.73 Å². The molecule has 0 aromatic rings. The van der Waals surface area contributed by atoms with Crippen LogP contribution in [0.4, 0.5) is 0 Å². The monoisotopic (exact) mass is 353 g/mol. The molecule has 0 amide bonds. The van der Waals surface area contributed by atoms with E-state index in [2.05, 4.69) is 13.8 Å². The second-order valence-electron chi connectivity index (χ2n) is 8.34. The van der Waals surface area contributed by atoms with E-state index in [0.717, 1.165) is 12.5 Å². The van der Waals surface area contributed by atoms with Crippen LogP contribution in [0.25, 0.3) is 0 Å². The molecule has 25 heavy (non-hydrogen) atoms. The third-order valence-electron chi connectivity index (χ3n) is 5.77. The van der Waals surface area contributed by atoms with Gasteiger partial charge >= 0.3 is 0 Å². The van der Waals surface area contributed by atoms with Crippen LogP contribution in [0.1, 0.15) is 142 Å². The lowest BCUT2D eigenvalue weighted by Crippen LogP contribution is -2.14. The molecule has 0 aliphatic rings. The second-order valence-corrected chi connectivity index (χ2v) is 8.34. The largest absolute Gasteiger partial charge is 0.330 e. The van der Waals surface area contributed by atoms with Gasteiger partial charge in [-0.15, -0.1) is 0 Å². The van der Waals surface area contributed by atoms with Gasteiger partial charge in [-0.25, -0.2) is 0 Å². The van der Waals surface area contributed by atoms with Gasteiger partial charge in [0, 0.05) is 0 Å². The Bertz CT molecular complexity index is 226. The molecule has 1 unspecified atom stereocenters. The number of hydrogen-bond acceptors (Lipinski definition) is 1. The number of rotatable bonds is 21. The molecule has 0 fully saturated rings. The van der Waals surface area contributed by atoms with Crippen LogP contribution < -0.4 is 5.73 Å². The summed E-state index contributed by atoms with van der Waals surface area (Å²) in [6.07, 6.45) is 28.5. The minimum absolute atomic E-state index is 0.800. The maximum absolute atomic E-state index is 5.99. The third-order valence-corrected chi connectivity index (χ3v) is 5.77. The van der Waals surface area contributed by atoms with E-state index >= 15 is 0 Å². The number of unbranched alkanes of at least 4 members (excludes halogenated alkanes) is 16. The Labute approximate surface area is 160 Å². The van der Waals surface area contributed by atoms with Gasteiger partial charge in [-0.3, -0.25) is 0 Å². The Kier molecular flexibility index (Phi) is 22.0. The van der Waals surface area contributed by atoms with Crippen molar-refractivity contribution in [2.75, 3.05) is 6.54 Å². The van der Waals surface area contributed by atoms with E-state index < -0.39 is 0 Å². The SMILES string of the molecule is CCCCCCCCCCCCC(CN)CCCCCCCCCC. The first-order valence-corrected chi connectivity index (χ1v) is 12.0. The van der Waals surface area contributed by atoms with Crippen molar-refractivity contribution in [3.63, 3.8) is 0 Å². The van der Waals surface area contributed by atoms with Crippen LogP contribution in [0.15, 0.2) is 0 Å². The van der Waals surface area contributed by atoms with Crippen LogP contribution in [-0.4, -0.2) is 6.54 Å². The van der Waals surface area contributed by atoms with Crippen molar-refractivity contribution in [2.24, 2.45) is 11.7 Å². The maximum Gasteiger partial charge on any atom is -0.00489 e. The quantitative estimate of drug-likeness (QED) is 0.206. The van der Waals surface area contributed by atoms with Crippen molar-refractivity contribution in [2.45, 2.75) is 142 Å². The van der Waals surface area contributed by atoms with Crippen LogP contribution in [0.5, 0.6) is 0 Å². The Hall–Kier alpha value is -0.0400. The van der Waals surface area contributed by atoms with Crippen molar-refractivity contribution in [1.82, 2.24) is 0 Å². The summed E-state index contributed by atoms with van der Waals surface area (Å²) in [6.45, 7) is 5.50. The van der Waals surface area contributed by atoms with Crippen molar-refractivity contribution in [3.8, 4) is 0 Å². The highest BCUT2D eigenvalue weighted by Gasteiger charge is 2.06. The average molecular weight is 354 g/mol.